The number of nitrogens with zero attached hydrogens (tertiary/aromatic N) is 2. The molecule has 3 aromatic rings. The monoisotopic (exact) mass is 515 g/mol. The summed E-state index contributed by atoms with van der Waals surface area (Å²) < 4.78 is 37.6. The van der Waals surface area contributed by atoms with Crippen LogP contribution >= 0.6 is 0 Å². The van der Waals surface area contributed by atoms with E-state index in [1.807, 2.05) is 18.2 Å². The van der Waals surface area contributed by atoms with Gasteiger partial charge in [-0.05, 0) is 73.5 Å². The number of rotatable bonds is 11. The molecule has 7 nitrogen and oxygen atoms in total. The molecule has 0 bridgehead atoms. The molecule has 1 unspecified atom stereocenters. The summed E-state index contributed by atoms with van der Waals surface area (Å²) in [7, 11) is 1.60. The predicted octanol–water partition coefficient (Wildman–Crippen LogP) is 3.95. The number of hydrogen-bond donors (Lipinski definition) is 3. The minimum absolute atomic E-state index is 0.0429. The van der Waals surface area contributed by atoms with Crippen molar-refractivity contribution < 1.29 is 28.5 Å². The Morgan fingerprint density at radius 2 is 1.84 bits per heavy atom. The van der Waals surface area contributed by atoms with Gasteiger partial charge >= 0.3 is 0 Å². The zero-order valence-corrected chi connectivity index (χ0v) is 21.1. The van der Waals surface area contributed by atoms with E-state index in [2.05, 4.69) is 9.88 Å². The molecule has 1 saturated heterocycles. The molecule has 0 aliphatic carbocycles. The molecule has 37 heavy (non-hydrogen) atoms. The third-order valence-corrected chi connectivity index (χ3v) is 7.47. The van der Waals surface area contributed by atoms with E-state index in [0.717, 1.165) is 54.0 Å². The number of aliphatic hydroxyl groups excluding tert-OH is 2. The number of piperidine rings is 1. The molecule has 0 saturated carbocycles. The summed E-state index contributed by atoms with van der Waals surface area (Å²) in [6, 6.07) is 8.72. The summed E-state index contributed by atoms with van der Waals surface area (Å²) in [6.07, 6.45) is 3.66. The number of benzene rings is 2. The van der Waals surface area contributed by atoms with Crippen molar-refractivity contribution >= 4 is 10.9 Å². The number of nitrogens with two attached hydrogens (primary N) is 1. The first-order valence-corrected chi connectivity index (χ1v) is 12.6. The van der Waals surface area contributed by atoms with Crippen LogP contribution in [0.4, 0.5) is 8.78 Å². The Bertz CT molecular complexity index is 1180. The summed E-state index contributed by atoms with van der Waals surface area (Å²) in [6.45, 7) is 2.77. The van der Waals surface area contributed by atoms with Gasteiger partial charge in [-0.15, -0.1) is 0 Å². The van der Waals surface area contributed by atoms with E-state index in [1.165, 1.54) is 12.1 Å². The van der Waals surface area contributed by atoms with E-state index in [1.54, 1.807) is 13.3 Å². The summed E-state index contributed by atoms with van der Waals surface area (Å²) in [5.41, 5.74) is 8.01. The Morgan fingerprint density at radius 1 is 1.11 bits per heavy atom. The molecule has 1 aliphatic rings. The van der Waals surface area contributed by atoms with Gasteiger partial charge in [0.1, 0.15) is 29.7 Å². The van der Waals surface area contributed by atoms with Crippen LogP contribution in [0.25, 0.3) is 10.9 Å². The highest BCUT2D eigenvalue weighted by molar-refractivity contribution is 5.85. The van der Waals surface area contributed by atoms with E-state index in [4.69, 9.17) is 15.2 Å². The number of hydrogen-bond acceptors (Lipinski definition) is 7. The van der Waals surface area contributed by atoms with Crippen LogP contribution in [0.15, 0.2) is 42.6 Å². The van der Waals surface area contributed by atoms with Crippen molar-refractivity contribution in [3.63, 3.8) is 0 Å². The third kappa shape index (κ3) is 6.54. The van der Waals surface area contributed by atoms with Gasteiger partial charge in [0.15, 0.2) is 0 Å². The first kappa shape index (κ1) is 27.2. The lowest BCUT2D eigenvalue weighted by atomic mass is 9.74. The van der Waals surface area contributed by atoms with Gasteiger partial charge in [-0.2, -0.15) is 0 Å². The number of methoxy groups -OCH3 is 1. The van der Waals surface area contributed by atoms with Crippen LogP contribution in [0.1, 0.15) is 42.9 Å². The molecule has 4 N–H and O–H groups in total. The van der Waals surface area contributed by atoms with Crippen LogP contribution in [0.3, 0.4) is 0 Å². The van der Waals surface area contributed by atoms with Crippen LogP contribution in [0.5, 0.6) is 11.5 Å². The van der Waals surface area contributed by atoms with E-state index in [0.29, 0.717) is 31.7 Å². The van der Waals surface area contributed by atoms with Gasteiger partial charge in [-0.3, -0.25) is 9.88 Å². The van der Waals surface area contributed by atoms with Gasteiger partial charge in [-0.25, -0.2) is 8.78 Å². The second kappa shape index (κ2) is 12.1. The molecule has 2 aromatic carbocycles. The van der Waals surface area contributed by atoms with E-state index in [-0.39, 0.29) is 24.3 Å². The Kier molecular flexibility index (Phi) is 8.91. The average Bonchev–Trinajstić information content (AvgIpc) is 2.91. The fourth-order valence-corrected chi connectivity index (χ4v) is 5.15. The minimum Gasteiger partial charge on any atom is -0.497 e. The van der Waals surface area contributed by atoms with Crippen molar-refractivity contribution in [1.29, 1.82) is 0 Å². The first-order valence-electron chi connectivity index (χ1n) is 12.6. The second-order valence-corrected chi connectivity index (χ2v) is 9.79. The number of ether oxygens (including phenoxy) is 2. The average molecular weight is 516 g/mol. The van der Waals surface area contributed by atoms with Crippen LogP contribution in [0.2, 0.25) is 0 Å². The molecule has 4 rings (SSSR count). The molecule has 1 fully saturated rings. The molecule has 0 amide bonds. The molecule has 0 spiro atoms. The van der Waals surface area contributed by atoms with Crippen molar-refractivity contribution in [2.45, 2.75) is 38.3 Å². The van der Waals surface area contributed by atoms with E-state index < -0.39 is 17.7 Å². The summed E-state index contributed by atoms with van der Waals surface area (Å²) >= 11 is 0. The van der Waals surface area contributed by atoms with E-state index in [9.17, 15) is 19.0 Å². The molecule has 1 atom stereocenters. The zero-order valence-electron chi connectivity index (χ0n) is 21.1. The van der Waals surface area contributed by atoms with Gasteiger partial charge in [0.2, 0.25) is 0 Å². The molecule has 9 heteroatoms. The number of likely N-dealkylation sites (tertiary alicyclic amines) is 1. The van der Waals surface area contributed by atoms with Crippen molar-refractivity contribution in [1.82, 2.24) is 9.88 Å². The lowest BCUT2D eigenvalue weighted by Gasteiger charge is -2.41. The smallest absolute Gasteiger partial charge is 0.129 e. The molecule has 1 aromatic heterocycles. The van der Waals surface area contributed by atoms with Gasteiger partial charge in [0.25, 0.3) is 0 Å². The van der Waals surface area contributed by atoms with Gasteiger partial charge in [-0.1, -0.05) is 0 Å². The maximum Gasteiger partial charge on any atom is 0.129 e. The number of aliphatic hydroxyl groups is 2. The van der Waals surface area contributed by atoms with Crippen LogP contribution in [-0.2, 0) is 6.54 Å². The molecule has 0 radical (unpaired) electrons. The minimum atomic E-state index is -0.752. The Labute approximate surface area is 215 Å². The SMILES string of the molecule is COc1ccc2ncc(CN)c(C(O)CCC3(CO)CCN(CCOc4cc(F)cc(F)c4)CC3)c2c1. The molecule has 2 heterocycles. The third-order valence-electron chi connectivity index (χ3n) is 7.47. The highest BCUT2D eigenvalue weighted by Crippen LogP contribution is 2.39. The standard InChI is InChI=1S/C28H35F2N3O4/c1-36-22-2-3-25-24(15-22)27(19(16-31)17-32-25)26(35)4-5-28(18-34)6-8-33(9-7-28)10-11-37-23-13-20(29)12-21(30)14-23/h2-3,12-15,17,26,34-35H,4-11,16,18,31H2,1H3. The Balaban J connectivity index is 1.35. The lowest BCUT2D eigenvalue weighted by molar-refractivity contribution is 0.0204. The molecule has 200 valence electrons. The number of pyridine rings is 1. The fraction of sp³-hybridized carbons (Fsp3) is 0.464. The summed E-state index contributed by atoms with van der Waals surface area (Å²) in [5, 5.41) is 22.4. The zero-order chi connectivity index (χ0) is 26.4. The maximum atomic E-state index is 13.3. The molecular weight excluding hydrogens is 480 g/mol. The van der Waals surface area contributed by atoms with Crippen molar-refractivity contribution in [3.05, 3.63) is 65.4 Å². The van der Waals surface area contributed by atoms with Gasteiger partial charge in [0.05, 0.1) is 18.7 Å². The highest BCUT2D eigenvalue weighted by Gasteiger charge is 2.34. The molecule has 1 aliphatic heterocycles. The summed E-state index contributed by atoms with van der Waals surface area (Å²) in [4.78, 5) is 6.69. The van der Waals surface area contributed by atoms with Crippen LogP contribution < -0.4 is 15.2 Å². The van der Waals surface area contributed by atoms with Crippen LogP contribution in [0, 0.1) is 17.0 Å². The maximum absolute atomic E-state index is 13.3. The highest BCUT2D eigenvalue weighted by atomic mass is 19.1. The number of halogens is 2. The Morgan fingerprint density at radius 3 is 2.49 bits per heavy atom. The largest absolute Gasteiger partial charge is 0.497 e. The quantitative estimate of drug-likeness (QED) is 0.356. The first-order chi connectivity index (χ1) is 17.9. The second-order valence-electron chi connectivity index (χ2n) is 9.79. The van der Waals surface area contributed by atoms with Crippen molar-refractivity contribution in [3.8, 4) is 11.5 Å². The summed E-state index contributed by atoms with van der Waals surface area (Å²) in [5.74, 6) is -0.477. The predicted molar refractivity (Wildman–Crippen MR) is 137 cm³/mol. The van der Waals surface area contributed by atoms with Crippen molar-refractivity contribution in [2.24, 2.45) is 11.1 Å². The normalized spacial score (nSPS) is 16.6. The Hall–Kier alpha value is -2.85. The lowest BCUT2D eigenvalue weighted by Crippen LogP contribution is -2.43. The van der Waals surface area contributed by atoms with Gasteiger partial charge in [0, 0.05) is 49.5 Å². The van der Waals surface area contributed by atoms with E-state index >= 15 is 0 Å². The number of aromatic nitrogens is 1. The van der Waals surface area contributed by atoms with Crippen molar-refractivity contribution in [2.75, 3.05) is 40.0 Å². The van der Waals surface area contributed by atoms with Crippen LogP contribution in [-0.4, -0.2) is 60.1 Å². The van der Waals surface area contributed by atoms with Gasteiger partial charge < -0.3 is 25.4 Å². The fourth-order valence-electron chi connectivity index (χ4n) is 5.15. The number of fused-ring (bicyclic) bond motifs is 1. The molecular formula is C28H35F2N3O4. The topological polar surface area (TPSA) is 101 Å².